The van der Waals surface area contributed by atoms with Crippen LogP contribution in [0.4, 0.5) is 5.69 Å². The highest BCUT2D eigenvalue weighted by molar-refractivity contribution is 5.85. The highest BCUT2D eigenvalue weighted by atomic mass is 16.5. The molecular formula is C15H21NO3. The maximum Gasteiger partial charge on any atom is 0.331 e. The van der Waals surface area contributed by atoms with E-state index in [4.69, 9.17) is 9.47 Å². The van der Waals surface area contributed by atoms with Crippen molar-refractivity contribution in [2.24, 2.45) is 5.92 Å². The van der Waals surface area contributed by atoms with E-state index in [-0.39, 0.29) is 5.97 Å². The Bertz CT molecular complexity index is 456. The second-order valence-electron chi connectivity index (χ2n) is 5.02. The number of carbonyl (C=O) groups excluding carboxylic acids is 1. The molecule has 0 aromatic heterocycles. The van der Waals surface area contributed by atoms with Crippen LogP contribution in [-0.4, -0.2) is 25.2 Å². The summed E-state index contributed by atoms with van der Waals surface area (Å²) in [6.07, 6.45) is 2.11. The quantitative estimate of drug-likeness (QED) is 0.802. The molecule has 0 radical (unpaired) electrons. The van der Waals surface area contributed by atoms with Gasteiger partial charge in [0.15, 0.2) is 0 Å². The fourth-order valence-corrected chi connectivity index (χ4v) is 2.29. The largest absolute Gasteiger partial charge is 0.495 e. The number of anilines is 1. The summed E-state index contributed by atoms with van der Waals surface area (Å²) in [5.74, 6) is 0.874. The van der Waals surface area contributed by atoms with Crippen LogP contribution in [-0.2, 0) is 9.53 Å². The first-order chi connectivity index (χ1) is 9.11. The van der Waals surface area contributed by atoms with Gasteiger partial charge in [-0.15, -0.1) is 0 Å². The Morgan fingerprint density at radius 2 is 2.11 bits per heavy atom. The van der Waals surface area contributed by atoms with Crippen molar-refractivity contribution in [1.29, 1.82) is 0 Å². The minimum absolute atomic E-state index is 0.191. The zero-order chi connectivity index (χ0) is 13.9. The second-order valence-corrected chi connectivity index (χ2v) is 5.02. The maximum absolute atomic E-state index is 12.2. The van der Waals surface area contributed by atoms with Gasteiger partial charge in [0.1, 0.15) is 11.3 Å². The van der Waals surface area contributed by atoms with Gasteiger partial charge in [-0.3, -0.25) is 0 Å². The molecule has 0 amide bonds. The zero-order valence-corrected chi connectivity index (χ0v) is 11.7. The number of esters is 1. The molecule has 1 fully saturated rings. The van der Waals surface area contributed by atoms with E-state index in [1.807, 2.05) is 38.1 Å². The Hall–Kier alpha value is -1.71. The SMILES string of the molecule is CCOC(=O)C(C)(Nc1ccccc1OC)C1CC1. The first kappa shape index (κ1) is 13.7. The van der Waals surface area contributed by atoms with Gasteiger partial charge in [0.25, 0.3) is 0 Å². The lowest BCUT2D eigenvalue weighted by molar-refractivity contribution is -0.148. The molecule has 1 aliphatic carbocycles. The summed E-state index contributed by atoms with van der Waals surface area (Å²) in [6, 6.07) is 7.62. The van der Waals surface area contributed by atoms with Crippen molar-refractivity contribution in [2.75, 3.05) is 19.0 Å². The number of nitrogens with one attached hydrogen (secondary N) is 1. The van der Waals surface area contributed by atoms with Gasteiger partial charge in [0, 0.05) is 0 Å². The van der Waals surface area contributed by atoms with Crippen molar-refractivity contribution < 1.29 is 14.3 Å². The highest BCUT2D eigenvalue weighted by Crippen LogP contribution is 2.43. The molecule has 2 rings (SSSR count). The van der Waals surface area contributed by atoms with Crippen LogP contribution in [0.15, 0.2) is 24.3 Å². The van der Waals surface area contributed by atoms with Crippen LogP contribution < -0.4 is 10.1 Å². The first-order valence-electron chi connectivity index (χ1n) is 6.70. The van der Waals surface area contributed by atoms with Crippen LogP contribution in [0, 0.1) is 5.92 Å². The molecule has 4 heteroatoms. The number of ether oxygens (including phenoxy) is 2. The molecule has 0 bridgehead atoms. The van der Waals surface area contributed by atoms with Crippen LogP contribution in [0.2, 0.25) is 0 Å². The van der Waals surface area contributed by atoms with Crippen LogP contribution in [0.1, 0.15) is 26.7 Å². The van der Waals surface area contributed by atoms with Crippen molar-refractivity contribution in [2.45, 2.75) is 32.2 Å². The van der Waals surface area contributed by atoms with Gasteiger partial charge in [-0.2, -0.15) is 0 Å². The van der Waals surface area contributed by atoms with Gasteiger partial charge in [-0.25, -0.2) is 4.79 Å². The predicted molar refractivity (Wildman–Crippen MR) is 74.4 cm³/mol. The Balaban J connectivity index is 2.23. The van der Waals surface area contributed by atoms with Crippen molar-refractivity contribution in [3.05, 3.63) is 24.3 Å². The molecule has 1 aliphatic rings. The minimum atomic E-state index is -0.676. The Morgan fingerprint density at radius 1 is 1.42 bits per heavy atom. The van der Waals surface area contributed by atoms with Gasteiger partial charge < -0.3 is 14.8 Å². The van der Waals surface area contributed by atoms with Gasteiger partial charge >= 0.3 is 5.97 Å². The van der Waals surface area contributed by atoms with E-state index in [1.165, 1.54) is 0 Å². The van der Waals surface area contributed by atoms with E-state index in [0.29, 0.717) is 12.5 Å². The fraction of sp³-hybridized carbons (Fsp3) is 0.533. The average Bonchev–Trinajstić information content (AvgIpc) is 3.24. The molecule has 1 saturated carbocycles. The van der Waals surface area contributed by atoms with Crippen LogP contribution in [0.5, 0.6) is 5.75 Å². The zero-order valence-electron chi connectivity index (χ0n) is 11.7. The lowest BCUT2D eigenvalue weighted by atomic mass is 9.95. The molecule has 0 saturated heterocycles. The maximum atomic E-state index is 12.2. The number of methoxy groups -OCH3 is 1. The topological polar surface area (TPSA) is 47.6 Å². The van der Waals surface area contributed by atoms with E-state index in [0.717, 1.165) is 24.3 Å². The van der Waals surface area contributed by atoms with Gasteiger partial charge in [0.05, 0.1) is 19.4 Å². The van der Waals surface area contributed by atoms with Crippen LogP contribution >= 0.6 is 0 Å². The third kappa shape index (κ3) is 2.83. The molecule has 1 N–H and O–H groups in total. The predicted octanol–water partition coefficient (Wildman–Crippen LogP) is 2.84. The average molecular weight is 263 g/mol. The lowest BCUT2D eigenvalue weighted by Gasteiger charge is -2.30. The molecule has 1 unspecified atom stereocenters. The molecule has 0 heterocycles. The summed E-state index contributed by atoms with van der Waals surface area (Å²) in [5.41, 5.74) is 0.150. The number of hydrogen-bond donors (Lipinski definition) is 1. The molecule has 0 aliphatic heterocycles. The van der Waals surface area contributed by atoms with E-state index < -0.39 is 5.54 Å². The molecule has 104 valence electrons. The third-order valence-electron chi connectivity index (χ3n) is 3.59. The summed E-state index contributed by atoms with van der Waals surface area (Å²) in [5, 5.41) is 3.32. The van der Waals surface area contributed by atoms with Gasteiger partial charge in [-0.05, 0) is 44.7 Å². The molecule has 1 aromatic rings. The van der Waals surface area contributed by atoms with Gasteiger partial charge in [0.2, 0.25) is 0 Å². The number of para-hydroxylation sites is 2. The van der Waals surface area contributed by atoms with Crippen LogP contribution in [0.3, 0.4) is 0 Å². The van der Waals surface area contributed by atoms with E-state index in [1.54, 1.807) is 7.11 Å². The summed E-state index contributed by atoms with van der Waals surface area (Å²) in [7, 11) is 1.62. The fourth-order valence-electron chi connectivity index (χ4n) is 2.29. The normalized spacial score (nSPS) is 17.4. The standard InChI is InChI=1S/C15H21NO3/c1-4-19-14(17)15(2,11-9-10-11)16-12-7-5-6-8-13(12)18-3/h5-8,11,16H,4,9-10H2,1-3H3. The second kappa shape index (κ2) is 5.51. The van der Waals surface area contributed by atoms with Crippen molar-refractivity contribution in [1.82, 2.24) is 0 Å². The molecular weight excluding hydrogens is 242 g/mol. The molecule has 4 nitrogen and oxygen atoms in total. The monoisotopic (exact) mass is 263 g/mol. The Morgan fingerprint density at radius 3 is 2.68 bits per heavy atom. The highest BCUT2D eigenvalue weighted by Gasteiger charge is 2.48. The Labute approximate surface area is 114 Å². The summed E-state index contributed by atoms with van der Waals surface area (Å²) in [4.78, 5) is 12.2. The molecule has 1 atom stereocenters. The molecule has 1 aromatic carbocycles. The molecule has 19 heavy (non-hydrogen) atoms. The van der Waals surface area contributed by atoms with E-state index in [9.17, 15) is 4.79 Å². The van der Waals surface area contributed by atoms with Gasteiger partial charge in [-0.1, -0.05) is 12.1 Å². The summed E-state index contributed by atoms with van der Waals surface area (Å²) < 4.78 is 10.5. The Kier molecular flexibility index (Phi) is 3.98. The van der Waals surface area contributed by atoms with Crippen LogP contribution in [0.25, 0.3) is 0 Å². The first-order valence-corrected chi connectivity index (χ1v) is 6.70. The third-order valence-corrected chi connectivity index (χ3v) is 3.59. The summed E-state index contributed by atoms with van der Waals surface area (Å²) in [6.45, 7) is 4.14. The lowest BCUT2D eigenvalue weighted by Crippen LogP contribution is -2.47. The van der Waals surface area contributed by atoms with E-state index in [2.05, 4.69) is 5.32 Å². The number of hydrogen-bond acceptors (Lipinski definition) is 4. The number of carbonyl (C=O) groups is 1. The van der Waals surface area contributed by atoms with Crippen molar-refractivity contribution in [3.8, 4) is 5.75 Å². The smallest absolute Gasteiger partial charge is 0.331 e. The molecule has 0 spiro atoms. The van der Waals surface area contributed by atoms with E-state index >= 15 is 0 Å². The number of benzene rings is 1. The minimum Gasteiger partial charge on any atom is -0.495 e. The summed E-state index contributed by atoms with van der Waals surface area (Å²) >= 11 is 0. The van der Waals surface area contributed by atoms with Crippen molar-refractivity contribution >= 4 is 11.7 Å². The number of rotatable bonds is 6. The van der Waals surface area contributed by atoms with Crippen molar-refractivity contribution in [3.63, 3.8) is 0 Å².